The Kier molecular flexibility index (Phi) is 3.31. The predicted molar refractivity (Wildman–Crippen MR) is 50.4 cm³/mol. The van der Waals surface area contributed by atoms with Gasteiger partial charge in [-0.1, -0.05) is 30.3 Å². The minimum Gasteiger partial charge on any atom is -0.453 e. The number of alkyl carbamates (subject to hydrolysis) is 1. The Morgan fingerprint density at radius 1 is 1.38 bits per heavy atom. The highest BCUT2D eigenvalue weighted by atomic mass is 16.5. The molecule has 3 nitrogen and oxygen atoms in total. The first-order valence-electron chi connectivity index (χ1n) is 4.13. The Morgan fingerprint density at radius 2 is 2.00 bits per heavy atom. The maximum atomic E-state index is 10.9. The molecular weight excluding hydrogens is 166 g/mol. The highest BCUT2D eigenvalue weighted by Crippen LogP contribution is 2.10. The van der Waals surface area contributed by atoms with Gasteiger partial charge in [-0.2, -0.15) is 0 Å². The van der Waals surface area contributed by atoms with Crippen LogP contribution in [0.25, 0.3) is 0 Å². The van der Waals surface area contributed by atoms with Crippen molar-refractivity contribution in [2.75, 3.05) is 7.11 Å². The van der Waals surface area contributed by atoms with E-state index in [1.807, 2.05) is 37.3 Å². The van der Waals surface area contributed by atoms with Gasteiger partial charge in [0.25, 0.3) is 0 Å². The molecule has 70 valence electrons. The van der Waals surface area contributed by atoms with Crippen LogP contribution in [0.1, 0.15) is 18.5 Å². The summed E-state index contributed by atoms with van der Waals surface area (Å²) < 4.78 is 4.49. The Hall–Kier alpha value is -1.51. The van der Waals surface area contributed by atoms with E-state index in [-0.39, 0.29) is 6.04 Å². The minimum absolute atomic E-state index is 0.0198. The topological polar surface area (TPSA) is 38.3 Å². The molecule has 1 amide bonds. The van der Waals surface area contributed by atoms with Gasteiger partial charge in [0.05, 0.1) is 13.2 Å². The van der Waals surface area contributed by atoms with Gasteiger partial charge in [0.2, 0.25) is 0 Å². The van der Waals surface area contributed by atoms with Crippen LogP contribution in [0, 0.1) is 0 Å². The molecule has 1 atom stereocenters. The fraction of sp³-hybridized carbons (Fsp3) is 0.300. The molecule has 1 rings (SSSR count). The first kappa shape index (κ1) is 9.58. The van der Waals surface area contributed by atoms with Crippen LogP contribution in [0.5, 0.6) is 0 Å². The average Bonchev–Trinajstić information content (AvgIpc) is 2.19. The summed E-state index contributed by atoms with van der Waals surface area (Å²) >= 11 is 0. The highest BCUT2D eigenvalue weighted by Gasteiger charge is 2.07. The second-order valence-corrected chi connectivity index (χ2v) is 2.77. The summed E-state index contributed by atoms with van der Waals surface area (Å²) in [6.45, 7) is 1.91. The van der Waals surface area contributed by atoms with E-state index in [0.717, 1.165) is 5.56 Å². The molecule has 1 aromatic carbocycles. The summed E-state index contributed by atoms with van der Waals surface area (Å²) in [4.78, 5) is 10.9. The van der Waals surface area contributed by atoms with Crippen LogP contribution >= 0.6 is 0 Å². The molecule has 1 N–H and O–H groups in total. The summed E-state index contributed by atoms with van der Waals surface area (Å²) in [6, 6.07) is 9.71. The average molecular weight is 179 g/mol. The quantitative estimate of drug-likeness (QED) is 0.755. The van der Waals surface area contributed by atoms with E-state index in [0.29, 0.717) is 0 Å². The second-order valence-electron chi connectivity index (χ2n) is 2.77. The van der Waals surface area contributed by atoms with Crippen LogP contribution < -0.4 is 5.32 Å². The molecule has 0 spiro atoms. The van der Waals surface area contributed by atoms with Gasteiger partial charge in [0.1, 0.15) is 0 Å². The van der Waals surface area contributed by atoms with Crippen molar-refractivity contribution in [3.8, 4) is 0 Å². The second kappa shape index (κ2) is 4.50. The molecule has 3 heteroatoms. The maximum absolute atomic E-state index is 10.9. The summed E-state index contributed by atoms with van der Waals surface area (Å²) in [6.07, 6.45) is -0.406. The molecule has 0 fully saturated rings. The van der Waals surface area contributed by atoms with Crippen molar-refractivity contribution >= 4 is 6.09 Å². The molecule has 0 aliphatic rings. The highest BCUT2D eigenvalue weighted by molar-refractivity contribution is 5.67. The molecule has 0 heterocycles. The number of hydrogen-bond donors (Lipinski definition) is 1. The first-order valence-corrected chi connectivity index (χ1v) is 4.13. The third kappa shape index (κ3) is 2.78. The molecule has 0 aliphatic carbocycles. The molecule has 1 aromatic rings. The lowest BCUT2D eigenvalue weighted by molar-refractivity contribution is 0.167. The lowest BCUT2D eigenvalue weighted by Gasteiger charge is -2.12. The van der Waals surface area contributed by atoms with Gasteiger partial charge in [-0.15, -0.1) is 0 Å². The van der Waals surface area contributed by atoms with Gasteiger partial charge in [0.15, 0.2) is 0 Å². The number of hydrogen-bond acceptors (Lipinski definition) is 2. The van der Waals surface area contributed by atoms with E-state index in [1.165, 1.54) is 7.11 Å². The third-order valence-corrected chi connectivity index (χ3v) is 1.82. The Bertz CT molecular complexity index is 272. The van der Waals surface area contributed by atoms with Crippen molar-refractivity contribution in [3.05, 3.63) is 35.9 Å². The molecule has 0 bridgehead atoms. The van der Waals surface area contributed by atoms with Crippen LogP contribution in [0.15, 0.2) is 30.3 Å². The monoisotopic (exact) mass is 179 g/mol. The summed E-state index contributed by atoms with van der Waals surface area (Å²) in [5.41, 5.74) is 1.06. The fourth-order valence-electron chi connectivity index (χ4n) is 1.06. The number of nitrogens with one attached hydrogen (secondary N) is 1. The number of benzene rings is 1. The van der Waals surface area contributed by atoms with Gasteiger partial charge in [-0.05, 0) is 12.5 Å². The normalized spacial score (nSPS) is 11.8. The molecule has 0 aliphatic heterocycles. The number of ether oxygens (including phenoxy) is 1. The molecule has 1 unspecified atom stereocenters. The number of rotatable bonds is 2. The van der Waals surface area contributed by atoms with Gasteiger partial charge in [-0.3, -0.25) is 0 Å². The summed E-state index contributed by atoms with van der Waals surface area (Å²) in [5.74, 6) is 0. The smallest absolute Gasteiger partial charge is 0.407 e. The van der Waals surface area contributed by atoms with E-state index < -0.39 is 6.09 Å². The van der Waals surface area contributed by atoms with Crippen LogP contribution in [0.2, 0.25) is 0 Å². The molecular formula is C10H13NO2. The number of carbonyl (C=O) groups excluding carboxylic acids is 1. The summed E-state index contributed by atoms with van der Waals surface area (Å²) in [5, 5.41) is 2.68. The predicted octanol–water partition coefficient (Wildman–Crippen LogP) is 2.10. The van der Waals surface area contributed by atoms with E-state index in [4.69, 9.17) is 0 Å². The lowest BCUT2D eigenvalue weighted by Crippen LogP contribution is -2.26. The van der Waals surface area contributed by atoms with Gasteiger partial charge in [0, 0.05) is 0 Å². The van der Waals surface area contributed by atoms with Gasteiger partial charge in [-0.25, -0.2) is 4.79 Å². The van der Waals surface area contributed by atoms with Crippen molar-refractivity contribution < 1.29 is 9.53 Å². The first-order chi connectivity index (χ1) is 6.24. The molecule has 0 saturated carbocycles. The number of carbonyl (C=O) groups is 1. The third-order valence-electron chi connectivity index (χ3n) is 1.82. The van der Waals surface area contributed by atoms with E-state index >= 15 is 0 Å². The van der Waals surface area contributed by atoms with E-state index in [1.54, 1.807) is 0 Å². The van der Waals surface area contributed by atoms with Crippen molar-refractivity contribution in [2.45, 2.75) is 13.0 Å². The van der Waals surface area contributed by atoms with Crippen LogP contribution in [0.4, 0.5) is 4.79 Å². The molecule has 0 saturated heterocycles. The van der Waals surface area contributed by atoms with Crippen LogP contribution in [-0.4, -0.2) is 13.2 Å². The van der Waals surface area contributed by atoms with Gasteiger partial charge >= 0.3 is 6.09 Å². The molecule has 0 aromatic heterocycles. The zero-order chi connectivity index (χ0) is 9.68. The number of amides is 1. The van der Waals surface area contributed by atoms with Gasteiger partial charge < -0.3 is 10.1 Å². The van der Waals surface area contributed by atoms with E-state index in [2.05, 4.69) is 10.1 Å². The van der Waals surface area contributed by atoms with Crippen molar-refractivity contribution in [3.63, 3.8) is 0 Å². The lowest BCUT2D eigenvalue weighted by atomic mass is 10.1. The Morgan fingerprint density at radius 3 is 2.54 bits per heavy atom. The van der Waals surface area contributed by atoms with E-state index in [9.17, 15) is 4.79 Å². The van der Waals surface area contributed by atoms with Crippen molar-refractivity contribution in [1.29, 1.82) is 0 Å². The Balaban J connectivity index is 2.59. The molecule has 0 radical (unpaired) electrons. The van der Waals surface area contributed by atoms with Crippen molar-refractivity contribution in [1.82, 2.24) is 5.32 Å². The van der Waals surface area contributed by atoms with Crippen LogP contribution in [-0.2, 0) is 4.74 Å². The summed E-state index contributed by atoms with van der Waals surface area (Å²) in [7, 11) is 1.35. The largest absolute Gasteiger partial charge is 0.453 e. The van der Waals surface area contributed by atoms with Crippen molar-refractivity contribution in [2.24, 2.45) is 0 Å². The zero-order valence-electron chi connectivity index (χ0n) is 7.78. The minimum atomic E-state index is -0.406. The zero-order valence-corrected chi connectivity index (χ0v) is 7.78. The Labute approximate surface area is 77.7 Å². The fourth-order valence-corrected chi connectivity index (χ4v) is 1.06. The SMILES string of the molecule is COC(=O)NC(C)c1ccccc1. The molecule has 13 heavy (non-hydrogen) atoms. The maximum Gasteiger partial charge on any atom is 0.407 e. The van der Waals surface area contributed by atoms with Crippen LogP contribution in [0.3, 0.4) is 0 Å². The standard InChI is InChI=1S/C10H13NO2/c1-8(11-10(12)13-2)9-6-4-3-5-7-9/h3-8H,1-2H3,(H,11,12). The number of methoxy groups -OCH3 is 1.